The largest absolute Gasteiger partial charge is 0.419 e. The molecule has 1 heterocycles. The van der Waals surface area contributed by atoms with Gasteiger partial charge in [0.15, 0.2) is 0 Å². The van der Waals surface area contributed by atoms with Crippen molar-refractivity contribution in [3.05, 3.63) is 23.4 Å². The van der Waals surface area contributed by atoms with Crippen LogP contribution in [0.4, 0.5) is 19.0 Å². The number of hydrogen-bond acceptors (Lipinski definition) is 4. The molecule has 0 aliphatic rings. The van der Waals surface area contributed by atoms with E-state index in [1.807, 2.05) is 0 Å². The van der Waals surface area contributed by atoms with Crippen LogP contribution in [0.3, 0.4) is 0 Å². The summed E-state index contributed by atoms with van der Waals surface area (Å²) in [7, 11) is 0. The Morgan fingerprint density at radius 3 is 2.47 bits per heavy atom. The van der Waals surface area contributed by atoms with Gasteiger partial charge in [0.2, 0.25) is 0 Å². The molecule has 0 aliphatic carbocycles. The Hall–Kier alpha value is -1.05. The first-order valence-corrected chi connectivity index (χ1v) is 5.05. The zero-order valence-corrected chi connectivity index (χ0v) is 9.20. The molecule has 0 saturated heterocycles. The fourth-order valence-corrected chi connectivity index (χ4v) is 1.36. The van der Waals surface area contributed by atoms with Gasteiger partial charge in [-0.05, 0) is 6.07 Å². The molecule has 4 N–H and O–H groups in total. The van der Waals surface area contributed by atoms with E-state index in [9.17, 15) is 23.4 Å². The molecule has 0 bridgehead atoms. The first-order chi connectivity index (χ1) is 7.77. The molecular weight excluding hydrogens is 261 g/mol. The van der Waals surface area contributed by atoms with Gasteiger partial charge in [0, 0.05) is 11.8 Å². The Morgan fingerprint density at radius 2 is 2.00 bits per heavy atom. The van der Waals surface area contributed by atoms with Crippen LogP contribution in [0.1, 0.15) is 17.2 Å². The minimum atomic E-state index is -4.67. The van der Waals surface area contributed by atoms with Crippen LogP contribution in [0, 0.1) is 0 Å². The lowest BCUT2D eigenvalue weighted by molar-refractivity contribution is -0.137. The molecule has 0 aromatic carbocycles. The lowest BCUT2D eigenvalue weighted by Gasteiger charge is -2.17. The number of anilines is 1. The predicted octanol–water partition coefficient (Wildman–Crippen LogP) is 1.32. The third-order valence-corrected chi connectivity index (χ3v) is 2.43. The number of pyridine rings is 1. The molecule has 96 valence electrons. The highest BCUT2D eigenvalue weighted by Gasteiger charge is 2.34. The standard InChI is InChI=1S/C9H10ClF3N2O2/c10-2-6(16)7(17)4-1-5(9(11,12)13)8(14)15-3-4/h1,3,6-7,16-17H,2H2,(H2,14,15). The Bertz CT molecular complexity index is 400. The van der Waals surface area contributed by atoms with Gasteiger partial charge < -0.3 is 15.9 Å². The molecule has 8 heteroatoms. The average molecular weight is 271 g/mol. The molecule has 0 radical (unpaired) electrons. The number of alkyl halides is 4. The third kappa shape index (κ3) is 3.21. The van der Waals surface area contributed by atoms with Crippen molar-refractivity contribution in [1.29, 1.82) is 0 Å². The smallest absolute Gasteiger partial charge is 0.389 e. The molecule has 2 unspecified atom stereocenters. The predicted molar refractivity (Wildman–Crippen MR) is 55.3 cm³/mol. The van der Waals surface area contributed by atoms with Crippen molar-refractivity contribution in [1.82, 2.24) is 4.98 Å². The van der Waals surface area contributed by atoms with Gasteiger partial charge in [-0.3, -0.25) is 0 Å². The molecule has 17 heavy (non-hydrogen) atoms. The van der Waals surface area contributed by atoms with Crippen molar-refractivity contribution < 1.29 is 23.4 Å². The second kappa shape index (κ2) is 5.07. The zero-order valence-electron chi connectivity index (χ0n) is 8.45. The van der Waals surface area contributed by atoms with Crippen LogP contribution in [0.25, 0.3) is 0 Å². The molecule has 0 saturated carbocycles. The number of hydrogen-bond donors (Lipinski definition) is 3. The van der Waals surface area contributed by atoms with Crippen molar-refractivity contribution in [2.45, 2.75) is 18.4 Å². The van der Waals surface area contributed by atoms with E-state index < -0.39 is 29.8 Å². The van der Waals surface area contributed by atoms with E-state index in [1.54, 1.807) is 0 Å². The van der Waals surface area contributed by atoms with E-state index in [0.29, 0.717) is 6.07 Å². The maximum atomic E-state index is 12.5. The van der Waals surface area contributed by atoms with Gasteiger partial charge in [-0.25, -0.2) is 4.98 Å². The van der Waals surface area contributed by atoms with E-state index in [-0.39, 0.29) is 11.4 Å². The minimum Gasteiger partial charge on any atom is -0.389 e. The number of aliphatic hydroxyl groups is 2. The second-order valence-corrected chi connectivity index (χ2v) is 3.67. The summed E-state index contributed by atoms with van der Waals surface area (Å²) in [6.45, 7) is 0. The van der Waals surface area contributed by atoms with Crippen molar-refractivity contribution >= 4 is 17.4 Å². The lowest BCUT2D eigenvalue weighted by Crippen LogP contribution is -2.21. The van der Waals surface area contributed by atoms with Gasteiger partial charge in [-0.15, -0.1) is 11.6 Å². The Morgan fingerprint density at radius 1 is 1.41 bits per heavy atom. The zero-order chi connectivity index (χ0) is 13.2. The molecule has 4 nitrogen and oxygen atoms in total. The number of nitrogens with zero attached hydrogens (tertiary/aromatic N) is 1. The summed E-state index contributed by atoms with van der Waals surface area (Å²) in [5.74, 6) is -0.999. The first-order valence-electron chi connectivity index (χ1n) is 4.52. The number of aliphatic hydroxyl groups excluding tert-OH is 2. The number of nitrogen functional groups attached to an aromatic ring is 1. The van der Waals surface area contributed by atoms with Crippen LogP contribution in [-0.2, 0) is 6.18 Å². The van der Waals surface area contributed by atoms with E-state index in [2.05, 4.69) is 4.98 Å². The molecule has 2 atom stereocenters. The fourth-order valence-electron chi connectivity index (χ4n) is 1.19. The number of nitrogens with two attached hydrogens (primary N) is 1. The molecule has 0 aliphatic heterocycles. The SMILES string of the molecule is Nc1ncc(C(O)C(O)CCl)cc1C(F)(F)F. The molecule has 1 aromatic heterocycles. The minimum absolute atomic E-state index is 0.195. The van der Waals surface area contributed by atoms with Crippen LogP contribution in [0.15, 0.2) is 12.3 Å². The Labute approximate surface area is 99.8 Å². The van der Waals surface area contributed by atoms with Crippen molar-refractivity contribution in [3.8, 4) is 0 Å². The molecular formula is C9H10ClF3N2O2. The molecule has 0 amide bonds. The highest BCUT2D eigenvalue weighted by molar-refractivity contribution is 6.18. The average Bonchev–Trinajstić information content (AvgIpc) is 2.26. The molecule has 1 rings (SSSR count). The van der Waals surface area contributed by atoms with Crippen LogP contribution in [0.2, 0.25) is 0 Å². The Kier molecular flexibility index (Phi) is 4.18. The van der Waals surface area contributed by atoms with Gasteiger partial charge in [-0.1, -0.05) is 0 Å². The quantitative estimate of drug-likeness (QED) is 0.724. The third-order valence-electron chi connectivity index (χ3n) is 2.11. The van der Waals surface area contributed by atoms with Gasteiger partial charge in [0.25, 0.3) is 0 Å². The van der Waals surface area contributed by atoms with E-state index in [1.165, 1.54) is 0 Å². The highest BCUT2D eigenvalue weighted by Crippen LogP contribution is 2.34. The summed E-state index contributed by atoms with van der Waals surface area (Å²) in [6, 6.07) is 0.642. The number of halogens is 4. The number of aromatic nitrogens is 1. The summed E-state index contributed by atoms with van der Waals surface area (Å²) >= 11 is 5.28. The van der Waals surface area contributed by atoms with Gasteiger partial charge >= 0.3 is 6.18 Å². The van der Waals surface area contributed by atoms with Gasteiger partial charge in [0.05, 0.1) is 17.5 Å². The van der Waals surface area contributed by atoms with Crippen LogP contribution >= 0.6 is 11.6 Å². The highest BCUT2D eigenvalue weighted by atomic mass is 35.5. The Balaban J connectivity index is 3.13. The maximum Gasteiger partial charge on any atom is 0.419 e. The second-order valence-electron chi connectivity index (χ2n) is 3.37. The summed E-state index contributed by atoms with van der Waals surface area (Å²) in [4.78, 5) is 3.33. The lowest BCUT2D eigenvalue weighted by atomic mass is 10.1. The molecule has 1 aromatic rings. The summed E-state index contributed by atoms with van der Waals surface area (Å²) < 4.78 is 37.5. The summed E-state index contributed by atoms with van der Waals surface area (Å²) in [5.41, 5.74) is 3.73. The van der Waals surface area contributed by atoms with Gasteiger partial charge in [-0.2, -0.15) is 13.2 Å². The fraction of sp³-hybridized carbons (Fsp3) is 0.444. The van der Waals surface area contributed by atoms with E-state index >= 15 is 0 Å². The van der Waals surface area contributed by atoms with Crippen LogP contribution < -0.4 is 5.73 Å². The first kappa shape index (κ1) is 14.0. The van der Waals surface area contributed by atoms with Crippen molar-refractivity contribution in [2.24, 2.45) is 0 Å². The van der Waals surface area contributed by atoms with Crippen LogP contribution in [0.5, 0.6) is 0 Å². The topological polar surface area (TPSA) is 79.4 Å². The summed E-state index contributed by atoms with van der Waals surface area (Å²) in [6.07, 6.45) is -6.62. The molecule has 0 spiro atoms. The number of rotatable bonds is 3. The monoisotopic (exact) mass is 270 g/mol. The van der Waals surface area contributed by atoms with Crippen molar-refractivity contribution in [2.75, 3.05) is 11.6 Å². The van der Waals surface area contributed by atoms with E-state index in [0.717, 1.165) is 6.20 Å². The summed E-state index contributed by atoms with van der Waals surface area (Å²) in [5, 5.41) is 18.7. The van der Waals surface area contributed by atoms with Gasteiger partial charge in [0.1, 0.15) is 11.9 Å². The normalized spacial score (nSPS) is 15.6. The molecule has 0 fully saturated rings. The van der Waals surface area contributed by atoms with Crippen molar-refractivity contribution in [3.63, 3.8) is 0 Å². The maximum absolute atomic E-state index is 12.5. The van der Waals surface area contributed by atoms with Crippen LogP contribution in [-0.4, -0.2) is 27.2 Å². The van der Waals surface area contributed by atoms with E-state index in [4.69, 9.17) is 17.3 Å².